The molecule has 0 N–H and O–H groups in total. The maximum absolute atomic E-state index is 6.00. The van der Waals surface area contributed by atoms with Crippen molar-refractivity contribution >= 4 is 0 Å². The highest BCUT2D eigenvalue weighted by Crippen LogP contribution is 2.20. The second kappa shape index (κ2) is 24.3. The fourth-order valence-electron chi connectivity index (χ4n) is 7.54. The van der Waals surface area contributed by atoms with Crippen molar-refractivity contribution in [3.05, 3.63) is 162 Å². The summed E-state index contributed by atoms with van der Waals surface area (Å²) < 4.78 is 22.5. The fourth-order valence-corrected chi connectivity index (χ4v) is 7.54. The van der Waals surface area contributed by atoms with Gasteiger partial charge in [-0.25, -0.2) is 0 Å². The van der Waals surface area contributed by atoms with Crippen molar-refractivity contribution in [2.45, 2.75) is 45.6 Å². The minimum atomic E-state index is 0.206. The highest BCUT2D eigenvalue weighted by molar-refractivity contribution is 5.27. The van der Waals surface area contributed by atoms with Crippen molar-refractivity contribution < 1.29 is 18.9 Å². The first-order chi connectivity index (χ1) is 28.6. The molecule has 0 unspecified atom stereocenters. The van der Waals surface area contributed by atoms with E-state index in [2.05, 4.69) is 147 Å². The monoisotopic (exact) mass is 785 g/mol. The molecule has 1 aromatic heterocycles. The van der Waals surface area contributed by atoms with E-state index in [1.54, 1.807) is 7.11 Å². The third kappa shape index (κ3) is 15.0. The van der Waals surface area contributed by atoms with Gasteiger partial charge in [0.2, 0.25) is 0 Å². The molecule has 9 nitrogen and oxygen atoms in total. The van der Waals surface area contributed by atoms with Gasteiger partial charge in [-0.05, 0) is 53.4 Å². The fraction of sp³-hybridized carbons (Fsp3) is 0.408. The SMILES string of the molecule is CCOCCOCCOc1ccc(C[C@H]2CN(Cc3ccc(OC)cc3)CCN(Cc3ccccc3)CCN(Cc3ccccc3)CCN2Cc2ccccc2)nc1. The van der Waals surface area contributed by atoms with Crippen LogP contribution in [0.25, 0.3) is 0 Å². The lowest BCUT2D eigenvalue weighted by molar-refractivity contribution is 0.0404. The number of benzene rings is 4. The predicted octanol–water partition coefficient (Wildman–Crippen LogP) is 7.46. The summed E-state index contributed by atoms with van der Waals surface area (Å²) in [5.41, 5.74) is 6.37. The molecule has 1 aliphatic heterocycles. The van der Waals surface area contributed by atoms with E-state index in [1.807, 2.05) is 13.1 Å². The zero-order valence-corrected chi connectivity index (χ0v) is 34.7. The molecule has 6 rings (SSSR count). The van der Waals surface area contributed by atoms with Gasteiger partial charge in [-0.1, -0.05) is 103 Å². The molecule has 0 aliphatic carbocycles. The largest absolute Gasteiger partial charge is 0.497 e. The van der Waals surface area contributed by atoms with Gasteiger partial charge in [0.25, 0.3) is 0 Å². The van der Waals surface area contributed by atoms with Crippen LogP contribution in [0.2, 0.25) is 0 Å². The Hall–Kier alpha value is -4.61. The Kier molecular flexibility index (Phi) is 18.0. The van der Waals surface area contributed by atoms with Gasteiger partial charge < -0.3 is 18.9 Å². The molecule has 1 saturated heterocycles. The zero-order valence-electron chi connectivity index (χ0n) is 34.7. The molecule has 9 heteroatoms. The molecule has 1 aliphatic rings. The summed E-state index contributed by atoms with van der Waals surface area (Å²) in [6, 6.07) is 45.8. The van der Waals surface area contributed by atoms with Gasteiger partial charge in [0.15, 0.2) is 0 Å². The summed E-state index contributed by atoms with van der Waals surface area (Å²) in [7, 11) is 1.73. The lowest BCUT2D eigenvalue weighted by Crippen LogP contribution is -2.50. The smallest absolute Gasteiger partial charge is 0.137 e. The molecule has 0 saturated carbocycles. The molecule has 2 heterocycles. The van der Waals surface area contributed by atoms with Gasteiger partial charge in [0.05, 0.1) is 33.1 Å². The minimum Gasteiger partial charge on any atom is -0.497 e. The van der Waals surface area contributed by atoms with E-state index in [9.17, 15) is 0 Å². The van der Waals surface area contributed by atoms with E-state index in [-0.39, 0.29) is 6.04 Å². The summed E-state index contributed by atoms with van der Waals surface area (Å²) in [5.74, 6) is 1.64. The maximum Gasteiger partial charge on any atom is 0.137 e. The topological polar surface area (TPSA) is 62.8 Å². The lowest BCUT2D eigenvalue weighted by atomic mass is 10.0. The van der Waals surface area contributed by atoms with Crippen LogP contribution in [0, 0.1) is 0 Å². The van der Waals surface area contributed by atoms with Crippen LogP contribution in [0.1, 0.15) is 34.9 Å². The molecule has 1 fully saturated rings. The van der Waals surface area contributed by atoms with Crippen LogP contribution in [0.4, 0.5) is 0 Å². The molecule has 0 spiro atoms. The van der Waals surface area contributed by atoms with E-state index in [0.29, 0.717) is 33.0 Å². The van der Waals surface area contributed by atoms with Gasteiger partial charge in [-0.3, -0.25) is 24.6 Å². The van der Waals surface area contributed by atoms with E-state index in [0.717, 1.165) is 95.6 Å². The van der Waals surface area contributed by atoms with Gasteiger partial charge in [-0.2, -0.15) is 0 Å². The molecule has 0 radical (unpaired) electrons. The normalized spacial score (nSPS) is 16.7. The number of pyridine rings is 1. The van der Waals surface area contributed by atoms with E-state index < -0.39 is 0 Å². The Morgan fingerprint density at radius 3 is 1.59 bits per heavy atom. The van der Waals surface area contributed by atoms with Gasteiger partial charge in [0, 0.05) is 96.8 Å². The van der Waals surface area contributed by atoms with Crippen molar-refractivity contribution in [3.8, 4) is 11.5 Å². The van der Waals surface area contributed by atoms with Crippen LogP contribution in [-0.4, -0.2) is 117 Å². The number of rotatable bonds is 19. The molecular formula is C49H63N5O4. The zero-order chi connectivity index (χ0) is 40.0. The number of methoxy groups -OCH3 is 1. The van der Waals surface area contributed by atoms with Crippen LogP contribution in [0.5, 0.6) is 11.5 Å². The average Bonchev–Trinajstić information content (AvgIpc) is 3.26. The number of aromatic nitrogens is 1. The van der Waals surface area contributed by atoms with E-state index in [1.165, 1.54) is 22.3 Å². The second-order valence-electron chi connectivity index (χ2n) is 15.1. The summed E-state index contributed by atoms with van der Waals surface area (Å²) in [6.45, 7) is 15.1. The molecule has 1 atom stereocenters. The Morgan fingerprint density at radius 2 is 1.02 bits per heavy atom. The average molecular weight is 786 g/mol. The molecule has 0 amide bonds. The third-order valence-corrected chi connectivity index (χ3v) is 10.8. The summed E-state index contributed by atoms with van der Waals surface area (Å²) in [6.07, 6.45) is 2.68. The van der Waals surface area contributed by atoms with E-state index in [4.69, 9.17) is 23.9 Å². The quantitative estimate of drug-likeness (QED) is 0.0795. The summed E-state index contributed by atoms with van der Waals surface area (Å²) in [5, 5.41) is 0. The Morgan fingerprint density at radius 1 is 0.517 bits per heavy atom. The number of nitrogens with zero attached hydrogens (tertiary/aromatic N) is 5. The molecule has 0 bridgehead atoms. The van der Waals surface area contributed by atoms with Crippen LogP contribution in [0.15, 0.2) is 134 Å². The third-order valence-electron chi connectivity index (χ3n) is 10.8. The molecule has 308 valence electrons. The first-order valence-electron chi connectivity index (χ1n) is 21.0. The van der Waals surface area contributed by atoms with Gasteiger partial charge in [0.1, 0.15) is 18.1 Å². The molecule has 4 aromatic carbocycles. The molecule has 58 heavy (non-hydrogen) atoms. The van der Waals surface area contributed by atoms with Crippen molar-refractivity contribution in [3.63, 3.8) is 0 Å². The van der Waals surface area contributed by atoms with E-state index >= 15 is 0 Å². The Bertz CT molecular complexity index is 1820. The van der Waals surface area contributed by atoms with Gasteiger partial charge >= 0.3 is 0 Å². The van der Waals surface area contributed by atoms with Crippen molar-refractivity contribution in [1.82, 2.24) is 24.6 Å². The second-order valence-corrected chi connectivity index (χ2v) is 15.1. The molecular weight excluding hydrogens is 723 g/mol. The Balaban J connectivity index is 1.27. The number of ether oxygens (including phenoxy) is 4. The van der Waals surface area contributed by atoms with Crippen molar-refractivity contribution in [2.24, 2.45) is 0 Å². The van der Waals surface area contributed by atoms with Crippen LogP contribution >= 0.6 is 0 Å². The maximum atomic E-state index is 6.00. The standard InChI is InChI=1S/C49H63N5O4/c1-3-56-31-32-57-33-34-58-49-24-21-46(50-36-49)35-47-41-53(39-45-19-22-48(55-2)23-20-45)28-27-51(37-42-13-7-4-8-14-42)25-26-52(38-43-15-9-5-10-16-43)29-30-54(47)40-44-17-11-6-12-18-44/h4-24,36,47H,3,25-35,37-41H2,1-2H3/t47-/m0/s1. The number of hydrogen-bond acceptors (Lipinski definition) is 9. The van der Waals surface area contributed by atoms with Crippen LogP contribution in [-0.2, 0) is 42.1 Å². The minimum absolute atomic E-state index is 0.206. The first-order valence-corrected chi connectivity index (χ1v) is 21.0. The summed E-state index contributed by atoms with van der Waals surface area (Å²) >= 11 is 0. The number of hydrogen-bond donors (Lipinski definition) is 0. The van der Waals surface area contributed by atoms with Gasteiger partial charge in [-0.15, -0.1) is 0 Å². The van der Waals surface area contributed by atoms with Crippen molar-refractivity contribution in [1.29, 1.82) is 0 Å². The van der Waals surface area contributed by atoms with Crippen LogP contribution < -0.4 is 9.47 Å². The van der Waals surface area contributed by atoms with Crippen molar-refractivity contribution in [2.75, 3.05) is 86.0 Å². The van der Waals surface area contributed by atoms with Crippen LogP contribution in [0.3, 0.4) is 0 Å². The molecule has 5 aromatic rings. The summed E-state index contributed by atoms with van der Waals surface area (Å²) in [4.78, 5) is 15.7. The predicted molar refractivity (Wildman–Crippen MR) is 233 cm³/mol. The first kappa shape index (κ1) is 43.0. The highest BCUT2D eigenvalue weighted by Gasteiger charge is 2.26. The Labute approximate surface area is 347 Å². The lowest BCUT2D eigenvalue weighted by Gasteiger charge is -2.39. The highest BCUT2D eigenvalue weighted by atomic mass is 16.5.